The monoisotopic (exact) mass is 289 g/mol. The first-order chi connectivity index (χ1) is 9.47. The number of benzene rings is 2. The number of ether oxygens (including phenoxy) is 1. The summed E-state index contributed by atoms with van der Waals surface area (Å²) in [6.07, 6.45) is 0. The molecular weight excluding hydrogens is 270 g/mol. The summed E-state index contributed by atoms with van der Waals surface area (Å²) in [5, 5.41) is 0.677. The Morgan fingerprint density at radius 2 is 1.90 bits per heavy atom. The molecule has 0 bridgehead atoms. The summed E-state index contributed by atoms with van der Waals surface area (Å²) in [6.45, 7) is 6.64. The first-order valence-electron chi connectivity index (χ1n) is 6.71. The Morgan fingerprint density at radius 3 is 2.60 bits per heavy atom. The average Bonchev–Trinajstić information content (AvgIpc) is 2.40. The van der Waals surface area contributed by atoms with Gasteiger partial charge in [0, 0.05) is 16.6 Å². The zero-order valence-corrected chi connectivity index (χ0v) is 12.9. The molecule has 1 unspecified atom stereocenters. The minimum absolute atomic E-state index is 0.109. The van der Waals surface area contributed by atoms with Crippen LogP contribution in [0.25, 0.3) is 0 Å². The van der Waals surface area contributed by atoms with Crippen LogP contribution in [0.1, 0.15) is 35.2 Å². The smallest absolute Gasteiger partial charge is 0.124 e. The lowest BCUT2D eigenvalue weighted by Gasteiger charge is -2.15. The number of halogens is 1. The largest absolute Gasteiger partial charge is 0.489 e. The molecule has 0 radical (unpaired) electrons. The molecule has 0 aliphatic carbocycles. The second-order valence-corrected chi connectivity index (χ2v) is 5.63. The number of aryl methyl sites for hydroxylation is 2. The van der Waals surface area contributed by atoms with E-state index < -0.39 is 0 Å². The molecule has 2 rings (SSSR count). The predicted octanol–water partition coefficient (Wildman–Crippen LogP) is 4.56. The van der Waals surface area contributed by atoms with Crippen LogP contribution >= 0.6 is 11.6 Å². The summed E-state index contributed by atoms with van der Waals surface area (Å²) >= 11 is 6.01. The maximum Gasteiger partial charge on any atom is 0.124 e. The highest BCUT2D eigenvalue weighted by molar-refractivity contribution is 6.30. The van der Waals surface area contributed by atoms with E-state index >= 15 is 0 Å². The molecule has 0 spiro atoms. The Balaban J connectivity index is 2.20. The first-order valence-corrected chi connectivity index (χ1v) is 7.09. The van der Waals surface area contributed by atoms with Crippen molar-refractivity contribution in [3.05, 3.63) is 63.7 Å². The van der Waals surface area contributed by atoms with Crippen LogP contribution in [0.5, 0.6) is 5.75 Å². The van der Waals surface area contributed by atoms with Crippen LogP contribution < -0.4 is 10.5 Å². The van der Waals surface area contributed by atoms with Crippen molar-refractivity contribution in [3.63, 3.8) is 0 Å². The molecule has 20 heavy (non-hydrogen) atoms. The number of hydrogen-bond acceptors (Lipinski definition) is 2. The summed E-state index contributed by atoms with van der Waals surface area (Å²) in [6, 6.07) is 11.8. The zero-order chi connectivity index (χ0) is 14.7. The van der Waals surface area contributed by atoms with Gasteiger partial charge in [-0.05, 0) is 50.1 Å². The second-order valence-electron chi connectivity index (χ2n) is 5.19. The molecular formula is C17H20ClNO. The molecule has 106 valence electrons. The molecule has 2 aromatic carbocycles. The van der Waals surface area contributed by atoms with Crippen molar-refractivity contribution >= 4 is 11.6 Å². The molecule has 2 aromatic rings. The van der Waals surface area contributed by atoms with Crippen molar-refractivity contribution in [2.75, 3.05) is 0 Å². The third kappa shape index (κ3) is 3.53. The lowest BCUT2D eigenvalue weighted by atomic mass is 10.1. The van der Waals surface area contributed by atoms with Gasteiger partial charge in [0.25, 0.3) is 0 Å². The van der Waals surface area contributed by atoms with Gasteiger partial charge in [0.15, 0.2) is 0 Å². The molecule has 0 aromatic heterocycles. The minimum atomic E-state index is -0.109. The Hall–Kier alpha value is -1.51. The third-order valence-corrected chi connectivity index (χ3v) is 3.59. The van der Waals surface area contributed by atoms with Crippen LogP contribution in [0.4, 0.5) is 0 Å². The predicted molar refractivity (Wildman–Crippen MR) is 84.3 cm³/mol. The van der Waals surface area contributed by atoms with E-state index in [1.54, 1.807) is 0 Å². The van der Waals surface area contributed by atoms with Crippen molar-refractivity contribution in [2.24, 2.45) is 5.73 Å². The minimum Gasteiger partial charge on any atom is -0.489 e. The lowest BCUT2D eigenvalue weighted by molar-refractivity contribution is 0.300. The number of nitrogens with two attached hydrogens (primary N) is 1. The van der Waals surface area contributed by atoms with Crippen molar-refractivity contribution < 1.29 is 4.74 Å². The van der Waals surface area contributed by atoms with E-state index in [1.807, 2.05) is 25.1 Å². The van der Waals surface area contributed by atoms with Gasteiger partial charge in [-0.15, -0.1) is 0 Å². The Morgan fingerprint density at radius 1 is 1.15 bits per heavy atom. The van der Waals surface area contributed by atoms with E-state index in [9.17, 15) is 0 Å². The third-order valence-electron chi connectivity index (χ3n) is 3.35. The van der Waals surface area contributed by atoms with Crippen LogP contribution in [-0.2, 0) is 6.61 Å². The standard InChI is InChI=1S/C17H20ClNO/c1-11-4-5-12(2)14(8-11)10-20-17-7-6-15(18)9-16(17)13(3)19/h4-9,13H,10,19H2,1-3H3. The summed E-state index contributed by atoms with van der Waals surface area (Å²) in [5.74, 6) is 0.797. The molecule has 0 saturated carbocycles. The molecule has 1 atom stereocenters. The van der Waals surface area contributed by atoms with Gasteiger partial charge < -0.3 is 10.5 Å². The molecule has 0 amide bonds. The van der Waals surface area contributed by atoms with E-state index in [0.29, 0.717) is 11.6 Å². The van der Waals surface area contributed by atoms with Gasteiger partial charge in [-0.3, -0.25) is 0 Å². The Bertz CT molecular complexity index is 608. The van der Waals surface area contributed by atoms with Gasteiger partial charge in [-0.1, -0.05) is 35.4 Å². The lowest BCUT2D eigenvalue weighted by Crippen LogP contribution is -2.08. The quantitative estimate of drug-likeness (QED) is 0.896. The van der Waals surface area contributed by atoms with Gasteiger partial charge in [0.05, 0.1) is 0 Å². The van der Waals surface area contributed by atoms with Gasteiger partial charge in [0.2, 0.25) is 0 Å². The SMILES string of the molecule is Cc1ccc(C)c(COc2ccc(Cl)cc2C(C)N)c1. The zero-order valence-electron chi connectivity index (χ0n) is 12.1. The number of rotatable bonds is 4. The maximum absolute atomic E-state index is 6.01. The van der Waals surface area contributed by atoms with Gasteiger partial charge in [-0.2, -0.15) is 0 Å². The maximum atomic E-state index is 6.01. The van der Waals surface area contributed by atoms with Gasteiger partial charge in [-0.25, -0.2) is 0 Å². The summed E-state index contributed by atoms with van der Waals surface area (Å²) in [4.78, 5) is 0. The van der Waals surface area contributed by atoms with Crippen molar-refractivity contribution in [1.82, 2.24) is 0 Å². The molecule has 0 aliphatic rings. The van der Waals surface area contributed by atoms with E-state index in [0.717, 1.165) is 11.3 Å². The van der Waals surface area contributed by atoms with Crippen LogP contribution in [0.15, 0.2) is 36.4 Å². The van der Waals surface area contributed by atoms with E-state index in [2.05, 4.69) is 32.0 Å². The molecule has 2 N–H and O–H groups in total. The van der Waals surface area contributed by atoms with Crippen LogP contribution in [0.2, 0.25) is 5.02 Å². The fraction of sp³-hybridized carbons (Fsp3) is 0.294. The molecule has 3 heteroatoms. The highest BCUT2D eigenvalue weighted by Gasteiger charge is 2.10. The van der Waals surface area contributed by atoms with Crippen molar-refractivity contribution in [1.29, 1.82) is 0 Å². The van der Waals surface area contributed by atoms with Crippen LogP contribution in [0, 0.1) is 13.8 Å². The van der Waals surface area contributed by atoms with Crippen molar-refractivity contribution in [3.8, 4) is 5.75 Å². The fourth-order valence-corrected chi connectivity index (χ4v) is 2.30. The molecule has 0 fully saturated rings. The highest BCUT2D eigenvalue weighted by Crippen LogP contribution is 2.28. The van der Waals surface area contributed by atoms with Gasteiger partial charge in [0.1, 0.15) is 12.4 Å². The summed E-state index contributed by atoms with van der Waals surface area (Å²) < 4.78 is 5.94. The first kappa shape index (κ1) is 14.9. The fourth-order valence-electron chi connectivity index (χ4n) is 2.12. The molecule has 0 aliphatic heterocycles. The second kappa shape index (κ2) is 6.29. The van der Waals surface area contributed by atoms with E-state index in [-0.39, 0.29) is 6.04 Å². The summed E-state index contributed by atoms with van der Waals surface area (Å²) in [5.41, 5.74) is 10.6. The molecule has 0 saturated heterocycles. The van der Waals surface area contributed by atoms with Crippen LogP contribution in [0.3, 0.4) is 0 Å². The molecule has 0 heterocycles. The Kier molecular flexibility index (Phi) is 4.69. The highest BCUT2D eigenvalue weighted by atomic mass is 35.5. The van der Waals surface area contributed by atoms with E-state index in [4.69, 9.17) is 22.1 Å². The Labute approximate surface area is 125 Å². The van der Waals surface area contributed by atoms with Crippen LogP contribution in [-0.4, -0.2) is 0 Å². The number of hydrogen-bond donors (Lipinski definition) is 1. The van der Waals surface area contributed by atoms with Gasteiger partial charge >= 0.3 is 0 Å². The van der Waals surface area contributed by atoms with Crippen molar-refractivity contribution in [2.45, 2.75) is 33.4 Å². The summed E-state index contributed by atoms with van der Waals surface area (Å²) in [7, 11) is 0. The normalized spacial score (nSPS) is 12.2. The topological polar surface area (TPSA) is 35.2 Å². The van der Waals surface area contributed by atoms with E-state index in [1.165, 1.54) is 16.7 Å². The average molecular weight is 290 g/mol. The molecule has 2 nitrogen and oxygen atoms in total.